The second kappa shape index (κ2) is 3.77. The zero-order valence-corrected chi connectivity index (χ0v) is 10.6. The summed E-state index contributed by atoms with van der Waals surface area (Å²) in [4.78, 5) is 0.142. The summed E-state index contributed by atoms with van der Waals surface area (Å²) in [5.41, 5.74) is 0. The lowest BCUT2D eigenvalue weighted by Gasteiger charge is -2.03. The monoisotopic (exact) mass is 304 g/mol. The lowest BCUT2D eigenvalue weighted by molar-refractivity contribution is 0.610. The fourth-order valence-electron chi connectivity index (χ4n) is 1.43. The van der Waals surface area contributed by atoms with Crippen LogP contribution in [-0.4, -0.2) is 8.42 Å². The number of fused-ring (bicyclic) bond motifs is 1. The normalized spacial score (nSPS) is 11.9. The summed E-state index contributed by atoms with van der Waals surface area (Å²) in [7, 11) is 1.65. The first-order chi connectivity index (χ1) is 6.98. The van der Waals surface area contributed by atoms with Crippen molar-refractivity contribution in [3.63, 3.8) is 0 Å². The number of halogens is 2. The third-order valence-electron chi connectivity index (χ3n) is 2.07. The first-order valence-corrected chi connectivity index (χ1v) is 7.22. The Bertz CT molecular complexity index is 622. The van der Waals surface area contributed by atoms with E-state index in [-0.39, 0.29) is 4.90 Å². The van der Waals surface area contributed by atoms with Gasteiger partial charge in [0.2, 0.25) is 0 Å². The lowest BCUT2D eigenvalue weighted by atomic mass is 10.1. The zero-order chi connectivity index (χ0) is 11.1. The molecule has 15 heavy (non-hydrogen) atoms. The highest BCUT2D eigenvalue weighted by atomic mass is 79.9. The molecule has 0 aromatic heterocycles. The second-order valence-electron chi connectivity index (χ2n) is 3.06. The van der Waals surface area contributed by atoms with E-state index >= 15 is 0 Å². The van der Waals surface area contributed by atoms with Crippen LogP contribution in [0.2, 0.25) is 0 Å². The molecule has 5 heteroatoms. The molecular weight excluding hydrogens is 300 g/mol. The Hall–Kier alpha value is -0.580. The van der Waals surface area contributed by atoms with E-state index in [1.165, 1.54) is 6.07 Å². The minimum absolute atomic E-state index is 0.142. The van der Waals surface area contributed by atoms with E-state index in [0.717, 1.165) is 9.86 Å². The van der Waals surface area contributed by atoms with Gasteiger partial charge in [0, 0.05) is 20.5 Å². The summed E-state index contributed by atoms with van der Waals surface area (Å²) in [6.07, 6.45) is 0. The van der Waals surface area contributed by atoms with Gasteiger partial charge in [-0.3, -0.25) is 0 Å². The van der Waals surface area contributed by atoms with Crippen molar-refractivity contribution >= 4 is 46.4 Å². The van der Waals surface area contributed by atoms with Crippen LogP contribution in [0, 0.1) is 0 Å². The van der Waals surface area contributed by atoms with Crippen molar-refractivity contribution in [1.29, 1.82) is 0 Å². The van der Waals surface area contributed by atoms with Crippen molar-refractivity contribution in [2.45, 2.75) is 4.90 Å². The highest BCUT2D eigenvalue weighted by Crippen LogP contribution is 2.28. The van der Waals surface area contributed by atoms with Crippen molar-refractivity contribution in [1.82, 2.24) is 0 Å². The van der Waals surface area contributed by atoms with E-state index in [1.54, 1.807) is 12.1 Å². The van der Waals surface area contributed by atoms with Crippen molar-refractivity contribution in [2.75, 3.05) is 0 Å². The second-order valence-corrected chi connectivity index (χ2v) is 6.51. The van der Waals surface area contributed by atoms with Gasteiger partial charge in [0.15, 0.2) is 0 Å². The molecule has 0 amide bonds. The third kappa shape index (κ3) is 2.17. The van der Waals surface area contributed by atoms with Gasteiger partial charge in [-0.15, -0.1) is 0 Å². The van der Waals surface area contributed by atoms with Gasteiger partial charge in [-0.1, -0.05) is 34.1 Å². The molecule has 0 atom stereocenters. The van der Waals surface area contributed by atoms with Crippen LogP contribution < -0.4 is 0 Å². The van der Waals surface area contributed by atoms with Crippen LogP contribution in [0.25, 0.3) is 10.8 Å². The highest BCUT2D eigenvalue weighted by Gasteiger charge is 2.13. The van der Waals surface area contributed by atoms with E-state index < -0.39 is 9.05 Å². The topological polar surface area (TPSA) is 34.1 Å². The molecule has 78 valence electrons. The highest BCUT2D eigenvalue weighted by molar-refractivity contribution is 9.10. The van der Waals surface area contributed by atoms with Crippen molar-refractivity contribution in [3.8, 4) is 0 Å². The van der Waals surface area contributed by atoms with Crippen molar-refractivity contribution in [2.24, 2.45) is 0 Å². The first-order valence-electron chi connectivity index (χ1n) is 4.11. The van der Waals surface area contributed by atoms with Crippen LogP contribution in [-0.2, 0) is 9.05 Å². The average molecular weight is 306 g/mol. The number of rotatable bonds is 1. The first kappa shape index (κ1) is 10.9. The van der Waals surface area contributed by atoms with E-state index in [9.17, 15) is 8.42 Å². The van der Waals surface area contributed by atoms with Crippen LogP contribution in [0.3, 0.4) is 0 Å². The molecule has 0 saturated heterocycles. The van der Waals surface area contributed by atoms with Gasteiger partial charge in [-0.05, 0) is 23.6 Å². The van der Waals surface area contributed by atoms with Gasteiger partial charge in [0.25, 0.3) is 9.05 Å². The van der Waals surface area contributed by atoms with Crippen LogP contribution in [0.1, 0.15) is 0 Å². The van der Waals surface area contributed by atoms with Gasteiger partial charge < -0.3 is 0 Å². The standard InChI is InChI=1S/C10H6BrClO2S/c11-8-5-4-7-2-1-3-10(9(7)6-8)15(12,13)14/h1-6H. The van der Waals surface area contributed by atoms with Crippen LogP contribution in [0.15, 0.2) is 45.8 Å². The summed E-state index contributed by atoms with van der Waals surface area (Å²) in [5, 5.41) is 1.47. The van der Waals surface area contributed by atoms with Crippen LogP contribution in [0.4, 0.5) is 0 Å². The molecule has 2 rings (SSSR count). The Morgan fingerprint density at radius 3 is 2.53 bits per heavy atom. The Kier molecular flexibility index (Phi) is 2.75. The van der Waals surface area contributed by atoms with Crippen molar-refractivity contribution < 1.29 is 8.42 Å². The average Bonchev–Trinajstić information content (AvgIpc) is 2.15. The Morgan fingerprint density at radius 1 is 1.13 bits per heavy atom. The molecule has 0 fully saturated rings. The maximum atomic E-state index is 11.3. The largest absolute Gasteiger partial charge is 0.261 e. The van der Waals surface area contributed by atoms with E-state index in [4.69, 9.17) is 10.7 Å². The molecule has 2 nitrogen and oxygen atoms in total. The SMILES string of the molecule is O=S(=O)(Cl)c1cccc2ccc(Br)cc12. The molecule has 0 aliphatic rings. The molecule has 0 bridgehead atoms. The molecule has 0 saturated carbocycles. The minimum Gasteiger partial charge on any atom is -0.207 e. The molecule has 0 heterocycles. The van der Waals surface area contributed by atoms with Gasteiger partial charge in [0.1, 0.15) is 0 Å². The molecule has 2 aromatic carbocycles. The Morgan fingerprint density at radius 2 is 1.87 bits per heavy atom. The molecule has 0 aliphatic heterocycles. The molecule has 0 N–H and O–H groups in total. The Balaban J connectivity index is 2.92. The molecular formula is C10H6BrClO2S. The summed E-state index contributed by atoms with van der Waals surface area (Å²) in [6, 6.07) is 10.4. The summed E-state index contributed by atoms with van der Waals surface area (Å²) in [5.74, 6) is 0. The molecule has 2 aromatic rings. The van der Waals surface area contributed by atoms with Gasteiger partial charge in [0.05, 0.1) is 4.90 Å². The van der Waals surface area contributed by atoms with Crippen LogP contribution in [0.5, 0.6) is 0 Å². The maximum Gasteiger partial charge on any atom is 0.261 e. The number of hydrogen-bond donors (Lipinski definition) is 0. The maximum absolute atomic E-state index is 11.3. The van der Waals surface area contributed by atoms with E-state index in [1.807, 2.05) is 18.2 Å². The summed E-state index contributed by atoms with van der Waals surface area (Å²) in [6.45, 7) is 0. The van der Waals surface area contributed by atoms with E-state index in [2.05, 4.69) is 15.9 Å². The number of hydrogen-bond acceptors (Lipinski definition) is 2. The van der Waals surface area contributed by atoms with Gasteiger partial charge >= 0.3 is 0 Å². The predicted molar refractivity (Wildman–Crippen MR) is 64.7 cm³/mol. The predicted octanol–water partition coefficient (Wildman–Crippen LogP) is 3.53. The zero-order valence-electron chi connectivity index (χ0n) is 7.44. The lowest BCUT2D eigenvalue weighted by Crippen LogP contribution is -1.91. The van der Waals surface area contributed by atoms with Gasteiger partial charge in [-0.2, -0.15) is 0 Å². The fourth-order valence-corrected chi connectivity index (χ4v) is 2.87. The molecule has 0 aliphatic carbocycles. The third-order valence-corrected chi connectivity index (χ3v) is 3.94. The number of benzene rings is 2. The van der Waals surface area contributed by atoms with Crippen molar-refractivity contribution in [3.05, 3.63) is 40.9 Å². The van der Waals surface area contributed by atoms with E-state index in [0.29, 0.717) is 5.39 Å². The Labute approximate surface area is 100 Å². The van der Waals surface area contributed by atoms with Crippen LogP contribution >= 0.6 is 26.6 Å². The fraction of sp³-hybridized carbons (Fsp3) is 0. The molecule has 0 spiro atoms. The minimum atomic E-state index is -3.69. The smallest absolute Gasteiger partial charge is 0.207 e. The summed E-state index contributed by atoms with van der Waals surface area (Å²) >= 11 is 3.30. The summed E-state index contributed by atoms with van der Waals surface area (Å²) < 4.78 is 23.4. The van der Waals surface area contributed by atoms with Gasteiger partial charge in [-0.25, -0.2) is 8.42 Å². The molecule has 0 unspecified atom stereocenters. The quantitative estimate of drug-likeness (QED) is 0.755. The molecule has 0 radical (unpaired) electrons.